The quantitative estimate of drug-likeness (QED) is 0.537. The van der Waals surface area contributed by atoms with Crippen molar-refractivity contribution in [1.29, 1.82) is 0 Å². The molecule has 1 atom stereocenters. The minimum absolute atomic E-state index is 0.0668. The van der Waals surface area contributed by atoms with Crippen LogP contribution in [0.3, 0.4) is 0 Å². The van der Waals surface area contributed by atoms with Gasteiger partial charge in [-0.25, -0.2) is 0 Å². The van der Waals surface area contributed by atoms with E-state index < -0.39 is 5.97 Å². The maximum absolute atomic E-state index is 10.7. The third-order valence-corrected chi connectivity index (χ3v) is 7.78. The monoisotopic (exact) mass is 364 g/mol. The molecule has 0 aliphatic rings. The molecule has 4 nitrogen and oxygen atoms in total. The zero-order chi connectivity index (χ0) is 14.0. The van der Waals surface area contributed by atoms with E-state index in [1.165, 1.54) is 57.4 Å². The molecule has 0 aromatic carbocycles. The van der Waals surface area contributed by atoms with E-state index in [-0.39, 0.29) is 11.7 Å². The van der Waals surface area contributed by atoms with Gasteiger partial charge in [0.25, 0.3) is 0 Å². The second-order valence-corrected chi connectivity index (χ2v) is 8.72. The number of aliphatic carboxylic acids is 1. The Labute approximate surface area is 132 Å². The van der Waals surface area contributed by atoms with Gasteiger partial charge in [-0.3, -0.25) is 4.79 Å². The molecule has 0 spiro atoms. The van der Waals surface area contributed by atoms with Crippen LogP contribution in [0.2, 0.25) is 0 Å². The molecule has 0 radical (unpaired) electrons. The van der Waals surface area contributed by atoms with E-state index in [1.54, 1.807) is 0 Å². The van der Waals surface area contributed by atoms with Gasteiger partial charge in [0.15, 0.2) is 0 Å². The van der Waals surface area contributed by atoms with Gasteiger partial charge < -0.3 is 14.6 Å². The number of carboxylic acid groups (broad SMARTS) is 1. The number of thiocarbonyl (C=S) groups is 2. The Morgan fingerprint density at radius 3 is 2.28 bits per heavy atom. The lowest BCUT2D eigenvalue weighted by Crippen LogP contribution is -2.12. The number of methoxy groups -OCH3 is 2. The summed E-state index contributed by atoms with van der Waals surface area (Å²) >= 11 is 9.75. The summed E-state index contributed by atoms with van der Waals surface area (Å²) in [6.45, 7) is 0. The van der Waals surface area contributed by atoms with Crippen LogP contribution in [0.5, 0.6) is 0 Å². The fourth-order valence-electron chi connectivity index (χ4n) is 0.649. The van der Waals surface area contributed by atoms with Crippen molar-refractivity contribution in [1.82, 2.24) is 0 Å². The van der Waals surface area contributed by atoms with Crippen molar-refractivity contribution >= 4 is 82.3 Å². The standard InChI is InChI=1S/C8H12O4S6/c1-11-7(13)17-15-4-5(3-6(9)10)16-18-8(14)12-2/h5H,3-4H2,1-2H3,(H,9,10). The molecule has 0 aromatic heterocycles. The minimum atomic E-state index is -0.837. The summed E-state index contributed by atoms with van der Waals surface area (Å²) in [5.41, 5.74) is 0. The van der Waals surface area contributed by atoms with Gasteiger partial charge in [-0.1, -0.05) is 21.6 Å². The molecule has 0 amide bonds. The van der Waals surface area contributed by atoms with E-state index >= 15 is 0 Å². The fourth-order valence-corrected chi connectivity index (χ4v) is 5.86. The van der Waals surface area contributed by atoms with E-state index in [9.17, 15) is 4.79 Å². The van der Waals surface area contributed by atoms with E-state index in [0.717, 1.165) is 0 Å². The van der Waals surface area contributed by atoms with Crippen molar-refractivity contribution in [2.45, 2.75) is 11.7 Å². The van der Waals surface area contributed by atoms with E-state index in [4.69, 9.17) is 39.0 Å². The SMILES string of the molecule is COC(=S)SSCC(CC(=O)O)SSC(=S)OC. The highest BCUT2D eigenvalue weighted by Crippen LogP contribution is 2.35. The third-order valence-electron chi connectivity index (χ3n) is 1.37. The van der Waals surface area contributed by atoms with Crippen LogP contribution in [0.1, 0.15) is 6.42 Å². The minimum Gasteiger partial charge on any atom is -0.481 e. The lowest BCUT2D eigenvalue weighted by molar-refractivity contribution is -0.136. The summed E-state index contributed by atoms with van der Waals surface area (Å²) in [7, 11) is 8.44. The topological polar surface area (TPSA) is 55.8 Å². The second kappa shape index (κ2) is 11.5. The molecule has 0 aromatic rings. The summed E-state index contributed by atoms with van der Waals surface area (Å²) in [4.78, 5) is 10.7. The molecule has 0 aliphatic carbocycles. The first-order chi connectivity index (χ1) is 8.49. The van der Waals surface area contributed by atoms with Crippen molar-refractivity contribution in [3.63, 3.8) is 0 Å². The molecule has 0 aliphatic heterocycles. The molecule has 0 saturated heterocycles. The molecule has 0 fully saturated rings. The Morgan fingerprint density at radius 2 is 1.78 bits per heavy atom. The molecule has 0 saturated carbocycles. The maximum Gasteiger partial charge on any atom is 0.304 e. The molecule has 0 heterocycles. The third kappa shape index (κ3) is 10.6. The summed E-state index contributed by atoms with van der Waals surface area (Å²) in [5.74, 6) is -0.207. The van der Waals surface area contributed by atoms with E-state index in [2.05, 4.69) is 0 Å². The van der Waals surface area contributed by atoms with Crippen LogP contribution in [-0.2, 0) is 14.3 Å². The first-order valence-electron chi connectivity index (χ1n) is 4.50. The lowest BCUT2D eigenvalue weighted by atomic mass is 10.3. The molecule has 0 bridgehead atoms. The van der Waals surface area contributed by atoms with Gasteiger partial charge >= 0.3 is 5.97 Å². The average molecular weight is 365 g/mol. The van der Waals surface area contributed by atoms with Gasteiger partial charge in [0, 0.05) is 11.0 Å². The van der Waals surface area contributed by atoms with E-state index in [0.29, 0.717) is 14.5 Å². The number of ether oxygens (including phenoxy) is 2. The van der Waals surface area contributed by atoms with E-state index in [1.807, 2.05) is 0 Å². The predicted molar refractivity (Wildman–Crippen MR) is 90.5 cm³/mol. The fraction of sp³-hybridized carbons (Fsp3) is 0.625. The van der Waals surface area contributed by atoms with Crippen LogP contribution in [0.4, 0.5) is 0 Å². The summed E-state index contributed by atoms with van der Waals surface area (Å²) in [6, 6.07) is 0. The van der Waals surface area contributed by atoms with Crippen LogP contribution in [-0.4, -0.2) is 45.1 Å². The van der Waals surface area contributed by atoms with Crippen molar-refractivity contribution in [3.05, 3.63) is 0 Å². The largest absolute Gasteiger partial charge is 0.481 e. The predicted octanol–water partition coefficient (Wildman–Crippen LogP) is 3.46. The number of carbonyl (C=O) groups is 1. The number of rotatable bonds is 7. The van der Waals surface area contributed by atoms with Crippen LogP contribution < -0.4 is 0 Å². The highest BCUT2D eigenvalue weighted by Gasteiger charge is 2.16. The second-order valence-electron chi connectivity index (χ2n) is 2.68. The number of hydrogen-bond donors (Lipinski definition) is 1. The average Bonchev–Trinajstić information content (AvgIpc) is 2.34. The van der Waals surface area contributed by atoms with Crippen molar-refractivity contribution in [2.24, 2.45) is 0 Å². The van der Waals surface area contributed by atoms with Crippen LogP contribution in [0.25, 0.3) is 0 Å². The smallest absolute Gasteiger partial charge is 0.304 e. The van der Waals surface area contributed by atoms with Gasteiger partial charge in [-0.05, 0) is 46.0 Å². The van der Waals surface area contributed by atoms with Crippen LogP contribution in [0.15, 0.2) is 0 Å². The van der Waals surface area contributed by atoms with Crippen LogP contribution in [0, 0.1) is 0 Å². The summed E-state index contributed by atoms with van der Waals surface area (Å²) < 4.78 is 10.5. The molecule has 1 unspecified atom stereocenters. The Morgan fingerprint density at radius 1 is 1.22 bits per heavy atom. The van der Waals surface area contributed by atoms with Gasteiger partial charge in [0.2, 0.25) is 8.77 Å². The van der Waals surface area contributed by atoms with Crippen molar-refractivity contribution in [3.8, 4) is 0 Å². The molecule has 0 rings (SSSR count). The first-order valence-corrected chi connectivity index (χ1v) is 9.85. The normalized spacial score (nSPS) is 11.7. The molecule has 18 heavy (non-hydrogen) atoms. The summed E-state index contributed by atoms with van der Waals surface area (Å²) in [5, 5.41) is 8.74. The zero-order valence-electron chi connectivity index (χ0n) is 9.61. The van der Waals surface area contributed by atoms with Crippen molar-refractivity contribution in [2.75, 3.05) is 20.0 Å². The molecular formula is C8H12O4S6. The van der Waals surface area contributed by atoms with Crippen LogP contribution >= 0.6 is 67.6 Å². The Kier molecular flexibility index (Phi) is 11.9. The number of carboxylic acids is 1. The number of hydrogen-bond acceptors (Lipinski definition) is 9. The Hall–Kier alpha value is 0.650. The van der Waals surface area contributed by atoms with Gasteiger partial charge in [0.05, 0.1) is 20.6 Å². The Balaban J connectivity index is 4.02. The molecule has 104 valence electrons. The zero-order valence-corrected chi connectivity index (χ0v) is 14.5. The molecular weight excluding hydrogens is 352 g/mol. The van der Waals surface area contributed by atoms with Gasteiger partial charge in [-0.15, -0.1) is 0 Å². The van der Waals surface area contributed by atoms with Gasteiger partial charge in [0.1, 0.15) is 0 Å². The highest BCUT2D eigenvalue weighted by atomic mass is 33.1. The highest BCUT2D eigenvalue weighted by molar-refractivity contribution is 8.85. The first kappa shape index (κ1) is 18.7. The van der Waals surface area contributed by atoms with Gasteiger partial charge in [-0.2, -0.15) is 0 Å². The summed E-state index contributed by atoms with van der Waals surface area (Å²) in [6.07, 6.45) is 0.0668. The molecule has 1 N–H and O–H groups in total. The molecule has 10 heteroatoms. The maximum atomic E-state index is 10.7. The lowest BCUT2D eigenvalue weighted by Gasteiger charge is -2.12. The van der Waals surface area contributed by atoms with Crippen molar-refractivity contribution < 1.29 is 19.4 Å². The Bertz CT molecular complexity index is 297.